The van der Waals surface area contributed by atoms with Gasteiger partial charge in [-0.05, 0) is 25.1 Å². The fourth-order valence-corrected chi connectivity index (χ4v) is 3.14. The summed E-state index contributed by atoms with van der Waals surface area (Å²) < 4.78 is 2.28. The first-order chi connectivity index (χ1) is 9.75. The van der Waals surface area contributed by atoms with Crippen molar-refractivity contribution in [1.29, 1.82) is 0 Å². The highest BCUT2D eigenvalue weighted by molar-refractivity contribution is 5.99. The van der Waals surface area contributed by atoms with Crippen molar-refractivity contribution in [1.82, 2.24) is 9.55 Å². The van der Waals surface area contributed by atoms with Crippen LogP contribution in [0.3, 0.4) is 0 Å². The minimum Gasteiger partial charge on any atom is -0.358 e. The molecule has 2 heteroatoms. The van der Waals surface area contributed by atoms with E-state index in [0.717, 1.165) is 0 Å². The van der Waals surface area contributed by atoms with E-state index in [1.165, 1.54) is 38.8 Å². The van der Waals surface area contributed by atoms with Gasteiger partial charge in [-0.1, -0.05) is 36.4 Å². The minimum atomic E-state index is 1.20. The van der Waals surface area contributed by atoms with Gasteiger partial charge in [-0.15, -0.1) is 0 Å². The molecule has 0 aliphatic heterocycles. The van der Waals surface area contributed by atoms with E-state index in [2.05, 4.69) is 78.1 Å². The molecule has 0 saturated carbocycles. The summed E-state index contributed by atoms with van der Waals surface area (Å²) in [5.74, 6) is 0. The zero-order chi connectivity index (χ0) is 13.7. The Labute approximate surface area is 117 Å². The smallest absolute Gasteiger partial charge is 0.0513 e. The molecule has 0 aliphatic rings. The maximum atomic E-state index is 3.48. The Kier molecular flexibility index (Phi) is 2.27. The molecule has 0 atom stereocenters. The van der Waals surface area contributed by atoms with Crippen LogP contribution in [-0.4, -0.2) is 9.55 Å². The standard InChI is InChI=1S/C18H16N2/c1-12-18(14-8-4-5-9-15(14)19-12)17-11-13-7-3-6-10-16(13)20(17)2/h3-11,19H,1-2H3. The summed E-state index contributed by atoms with van der Waals surface area (Å²) in [6.45, 7) is 2.15. The van der Waals surface area contributed by atoms with Crippen LogP contribution < -0.4 is 0 Å². The molecule has 0 radical (unpaired) electrons. The van der Waals surface area contributed by atoms with Gasteiger partial charge in [0.25, 0.3) is 0 Å². The molecule has 0 amide bonds. The van der Waals surface area contributed by atoms with Crippen molar-refractivity contribution in [3.05, 3.63) is 60.3 Å². The van der Waals surface area contributed by atoms with E-state index < -0.39 is 0 Å². The largest absolute Gasteiger partial charge is 0.358 e. The molecule has 0 spiro atoms. The second-order valence-corrected chi connectivity index (χ2v) is 5.32. The van der Waals surface area contributed by atoms with E-state index in [-0.39, 0.29) is 0 Å². The first-order valence-electron chi connectivity index (χ1n) is 6.88. The number of fused-ring (bicyclic) bond motifs is 2. The second-order valence-electron chi connectivity index (χ2n) is 5.32. The summed E-state index contributed by atoms with van der Waals surface area (Å²) in [5.41, 5.74) is 6.26. The zero-order valence-electron chi connectivity index (χ0n) is 11.6. The Morgan fingerprint density at radius 3 is 2.55 bits per heavy atom. The van der Waals surface area contributed by atoms with Crippen molar-refractivity contribution in [3.8, 4) is 11.3 Å². The topological polar surface area (TPSA) is 20.7 Å². The molecule has 98 valence electrons. The average Bonchev–Trinajstić information content (AvgIpc) is 2.96. The van der Waals surface area contributed by atoms with Crippen LogP contribution in [0.15, 0.2) is 54.6 Å². The van der Waals surface area contributed by atoms with Crippen LogP contribution in [0, 0.1) is 6.92 Å². The van der Waals surface area contributed by atoms with E-state index in [0.29, 0.717) is 0 Å². The summed E-state index contributed by atoms with van der Waals surface area (Å²) in [6, 6.07) is 19.3. The van der Waals surface area contributed by atoms with Gasteiger partial charge in [0.1, 0.15) is 0 Å². The minimum absolute atomic E-state index is 1.20. The van der Waals surface area contributed by atoms with E-state index in [9.17, 15) is 0 Å². The molecule has 0 saturated heterocycles. The maximum absolute atomic E-state index is 3.48. The molecule has 0 fully saturated rings. The van der Waals surface area contributed by atoms with Crippen molar-refractivity contribution in [2.45, 2.75) is 6.92 Å². The summed E-state index contributed by atoms with van der Waals surface area (Å²) in [7, 11) is 2.14. The molecular formula is C18H16N2. The third-order valence-electron chi connectivity index (χ3n) is 4.10. The Balaban J connectivity index is 2.11. The van der Waals surface area contributed by atoms with Crippen LogP contribution in [0.5, 0.6) is 0 Å². The lowest BCUT2D eigenvalue weighted by Gasteiger charge is -2.05. The number of nitrogens with zero attached hydrogens (tertiary/aromatic N) is 1. The summed E-state index contributed by atoms with van der Waals surface area (Å²) >= 11 is 0. The molecule has 0 unspecified atom stereocenters. The molecule has 0 bridgehead atoms. The zero-order valence-corrected chi connectivity index (χ0v) is 11.6. The number of H-pyrrole nitrogens is 1. The lowest BCUT2D eigenvalue weighted by Crippen LogP contribution is -1.91. The third-order valence-corrected chi connectivity index (χ3v) is 4.10. The molecule has 0 aliphatic carbocycles. The number of rotatable bonds is 1. The maximum Gasteiger partial charge on any atom is 0.0513 e. The fraction of sp³-hybridized carbons (Fsp3) is 0.111. The van der Waals surface area contributed by atoms with Crippen molar-refractivity contribution in [2.24, 2.45) is 7.05 Å². The number of hydrogen-bond acceptors (Lipinski definition) is 0. The van der Waals surface area contributed by atoms with Gasteiger partial charge in [-0.25, -0.2) is 0 Å². The number of nitrogens with one attached hydrogen (secondary N) is 1. The molecule has 1 N–H and O–H groups in total. The van der Waals surface area contributed by atoms with Crippen LogP contribution >= 0.6 is 0 Å². The van der Waals surface area contributed by atoms with Crippen molar-refractivity contribution >= 4 is 21.8 Å². The Morgan fingerprint density at radius 2 is 1.70 bits per heavy atom. The lowest BCUT2D eigenvalue weighted by atomic mass is 10.1. The molecule has 20 heavy (non-hydrogen) atoms. The summed E-state index contributed by atoms with van der Waals surface area (Å²) in [6.07, 6.45) is 0. The average molecular weight is 260 g/mol. The van der Waals surface area contributed by atoms with Gasteiger partial charge in [0.05, 0.1) is 5.69 Å². The predicted molar refractivity (Wildman–Crippen MR) is 84.9 cm³/mol. The first kappa shape index (κ1) is 11.4. The Hall–Kier alpha value is -2.48. The van der Waals surface area contributed by atoms with E-state index >= 15 is 0 Å². The van der Waals surface area contributed by atoms with Crippen LogP contribution in [0.2, 0.25) is 0 Å². The van der Waals surface area contributed by atoms with E-state index in [1.807, 2.05) is 0 Å². The first-order valence-corrected chi connectivity index (χ1v) is 6.88. The molecule has 2 heterocycles. The predicted octanol–water partition coefficient (Wildman–Crippen LogP) is 4.64. The quantitative estimate of drug-likeness (QED) is 0.515. The van der Waals surface area contributed by atoms with Crippen LogP contribution in [0.25, 0.3) is 33.1 Å². The number of aryl methyl sites for hydroxylation is 2. The van der Waals surface area contributed by atoms with Crippen molar-refractivity contribution < 1.29 is 0 Å². The lowest BCUT2D eigenvalue weighted by molar-refractivity contribution is 0.977. The van der Waals surface area contributed by atoms with Gasteiger partial charge in [0, 0.05) is 40.1 Å². The van der Waals surface area contributed by atoms with Crippen molar-refractivity contribution in [3.63, 3.8) is 0 Å². The van der Waals surface area contributed by atoms with Gasteiger partial charge in [0.2, 0.25) is 0 Å². The number of benzene rings is 2. The van der Waals surface area contributed by atoms with Crippen LogP contribution in [-0.2, 0) is 7.05 Å². The molecule has 2 aromatic carbocycles. The molecule has 4 rings (SSSR count). The van der Waals surface area contributed by atoms with Gasteiger partial charge in [-0.2, -0.15) is 0 Å². The van der Waals surface area contributed by atoms with Crippen LogP contribution in [0.1, 0.15) is 5.69 Å². The number of para-hydroxylation sites is 2. The molecular weight excluding hydrogens is 244 g/mol. The van der Waals surface area contributed by atoms with Gasteiger partial charge >= 0.3 is 0 Å². The van der Waals surface area contributed by atoms with Gasteiger partial charge in [0.15, 0.2) is 0 Å². The highest BCUT2D eigenvalue weighted by Crippen LogP contribution is 2.34. The van der Waals surface area contributed by atoms with E-state index in [1.54, 1.807) is 0 Å². The molecule has 4 aromatic rings. The third kappa shape index (κ3) is 1.45. The summed E-state index contributed by atoms with van der Waals surface area (Å²) in [4.78, 5) is 3.48. The fourth-order valence-electron chi connectivity index (χ4n) is 3.14. The normalized spacial score (nSPS) is 11.5. The SMILES string of the molecule is Cc1[nH]c2ccccc2c1-c1cc2ccccc2n1C. The van der Waals surface area contributed by atoms with Gasteiger partial charge < -0.3 is 9.55 Å². The molecule has 2 nitrogen and oxygen atoms in total. The van der Waals surface area contributed by atoms with Gasteiger partial charge in [-0.3, -0.25) is 0 Å². The second kappa shape index (κ2) is 4.01. The Bertz CT molecular complexity index is 925. The number of hydrogen-bond donors (Lipinski definition) is 1. The highest BCUT2D eigenvalue weighted by Gasteiger charge is 2.14. The molecule has 2 aromatic heterocycles. The van der Waals surface area contributed by atoms with Crippen LogP contribution in [0.4, 0.5) is 0 Å². The van der Waals surface area contributed by atoms with E-state index in [4.69, 9.17) is 0 Å². The van der Waals surface area contributed by atoms with Crippen molar-refractivity contribution in [2.75, 3.05) is 0 Å². The summed E-state index contributed by atoms with van der Waals surface area (Å²) in [5, 5.41) is 2.57. The Morgan fingerprint density at radius 1 is 0.950 bits per heavy atom. The number of aromatic amines is 1. The highest BCUT2D eigenvalue weighted by atomic mass is 14.9. The number of aromatic nitrogens is 2. The monoisotopic (exact) mass is 260 g/mol.